The molecule has 1 aromatic carbocycles. The van der Waals surface area contributed by atoms with Gasteiger partial charge in [0, 0.05) is 37.8 Å². The molecule has 2 amide bonds. The number of ether oxygens (including phenoxy) is 1. The lowest BCUT2D eigenvalue weighted by Crippen LogP contribution is -2.53. The molecule has 1 atom stereocenters. The second-order valence-electron chi connectivity index (χ2n) is 5.34. The molecule has 1 aliphatic heterocycles. The van der Waals surface area contributed by atoms with Gasteiger partial charge in [0.15, 0.2) is 0 Å². The van der Waals surface area contributed by atoms with Crippen molar-refractivity contribution in [2.45, 2.75) is 20.0 Å². The van der Waals surface area contributed by atoms with Crippen LogP contribution in [-0.2, 0) is 9.53 Å². The minimum atomic E-state index is -0.633. The third-order valence-electron chi connectivity index (χ3n) is 3.80. The van der Waals surface area contributed by atoms with Gasteiger partial charge < -0.3 is 14.5 Å². The maximum atomic E-state index is 13.8. The number of carbonyl (C=O) groups is 2. The van der Waals surface area contributed by atoms with E-state index in [1.807, 2.05) is 6.92 Å². The first-order valence-electron chi connectivity index (χ1n) is 7.58. The zero-order valence-electron chi connectivity index (χ0n) is 13.2. The van der Waals surface area contributed by atoms with Gasteiger partial charge in [-0.3, -0.25) is 9.59 Å². The molecule has 0 saturated carbocycles. The Kier molecular flexibility index (Phi) is 5.96. The van der Waals surface area contributed by atoms with Crippen LogP contribution in [0.2, 0.25) is 5.02 Å². The summed E-state index contributed by atoms with van der Waals surface area (Å²) in [4.78, 5) is 27.7. The standard InChI is InChI=1S/C16H20ClFN2O3/c1-3-23-11(2)15(21)19-6-8-20(9-7-19)16(22)13-5-4-12(17)10-14(13)18/h4-5,10-11H,3,6-9H2,1-2H3. The molecule has 0 bridgehead atoms. The van der Waals surface area contributed by atoms with Gasteiger partial charge in [-0.05, 0) is 32.0 Å². The highest BCUT2D eigenvalue weighted by molar-refractivity contribution is 6.30. The number of hydrogen-bond donors (Lipinski definition) is 0. The molecular formula is C16H20ClFN2O3. The first-order valence-corrected chi connectivity index (χ1v) is 7.96. The second kappa shape index (κ2) is 7.75. The van der Waals surface area contributed by atoms with E-state index >= 15 is 0 Å². The van der Waals surface area contributed by atoms with Crippen LogP contribution in [0.15, 0.2) is 18.2 Å². The predicted octanol–water partition coefficient (Wildman–Crippen LogP) is 2.19. The SMILES string of the molecule is CCOC(C)C(=O)N1CCN(C(=O)c2ccc(Cl)cc2F)CC1. The number of carbonyl (C=O) groups excluding carboxylic acids is 2. The van der Waals surface area contributed by atoms with Crippen LogP contribution in [0.3, 0.4) is 0 Å². The fourth-order valence-corrected chi connectivity index (χ4v) is 2.70. The van der Waals surface area contributed by atoms with Crippen LogP contribution in [-0.4, -0.2) is 60.5 Å². The Morgan fingerprint density at radius 3 is 2.43 bits per heavy atom. The molecule has 2 rings (SSSR count). The third-order valence-corrected chi connectivity index (χ3v) is 4.04. The van der Waals surface area contributed by atoms with E-state index in [0.29, 0.717) is 32.8 Å². The molecule has 0 aliphatic carbocycles. The first kappa shape index (κ1) is 17.7. The number of nitrogens with zero attached hydrogens (tertiary/aromatic N) is 2. The van der Waals surface area contributed by atoms with Crippen molar-refractivity contribution in [2.75, 3.05) is 32.8 Å². The van der Waals surface area contributed by atoms with Crippen molar-refractivity contribution in [3.63, 3.8) is 0 Å². The van der Waals surface area contributed by atoms with Gasteiger partial charge in [-0.2, -0.15) is 0 Å². The van der Waals surface area contributed by atoms with Gasteiger partial charge in [-0.1, -0.05) is 11.6 Å². The van der Waals surface area contributed by atoms with Gasteiger partial charge in [-0.25, -0.2) is 4.39 Å². The summed E-state index contributed by atoms with van der Waals surface area (Å²) in [5, 5.41) is 0.249. The molecule has 1 fully saturated rings. The maximum absolute atomic E-state index is 13.8. The van der Waals surface area contributed by atoms with Crippen molar-refractivity contribution >= 4 is 23.4 Å². The van der Waals surface area contributed by atoms with Crippen LogP contribution in [0.4, 0.5) is 4.39 Å². The smallest absolute Gasteiger partial charge is 0.256 e. The minimum Gasteiger partial charge on any atom is -0.369 e. The topological polar surface area (TPSA) is 49.9 Å². The Labute approximate surface area is 140 Å². The van der Waals surface area contributed by atoms with E-state index in [9.17, 15) is 14.0 Å². The maximum Gasteiger partial charge on any atom is 0.256 e. The van der Waals surface area contributed by atoms with Crippen LogP contribution in [0.5, 0.6) is 0 Å². The molecule has 0 aromatic heterocycles. The minimum absolute atomic E-state index is 0.00291. The van der Waals surface area contributed by atoms with Crippen molar-refractivity contribution < 1.29 is 18.7 Å². The Morgan fingerprint density at radius 2 is 1.87 bits per heavy atom. The molecule has 126 valence electrons. The van der Waals surface area contributed by atoms with Gasteiger partial charge in [0.05, 0.1) is 5.56 Å². The summed E-state index contributed by atoms with van der Waals surface area (Å²) in [7, 11) is 0. The lowest BCUT2D eigenvalue weighted by molar-refractivity contribution is -0.143. The highest BCUT2D eigenvalue weighted by Gasteiger charge is 2.28. The number of benzene rings is 1. The highest BCUT2D eigenvalue weighted by atomic mass is 35.5. The summed E-state index contributed by atoms with van der Waals surface area (Å²) in [5.41, 5.74) is -0.00291. The summed E-state index contributed by atoms with van der Waals surface area (Å²) in [6.07, 6.45) is -0.490. The lowest BCUT2D eigenvalue weighted by atomic mass is 10.1. The molecule has 1 unspecified atom stereocenters. The van der Waals surface area contributed by atoms with Crippen molar-refractivity contribution in [3.05, 3.63) is 34.6 Å². The number of amides is 2. The average molecular weight is 343 g/mol. The van der Waals surface area contributed by atoms with Crippen molar-refractivity contribution in [1.29, 1.82) is 0 Å². The van der Waals surface area contributed by atoms with E-state index in [2.05, 4.69) is 0 Å². The van der Waals surface area contributed by atoms with Crippen LogP contribution in [0.25, 0.3) is 0 Å². The van der Waals surface area contributed by atoms with Gasteiger partial charge in [0.25, 0.3) is 11.8 Å². The zero-order valence-corrected chi connectivity index (χ0v) is 14.0. The summed E-state index contributed by atoms with van der Waals surface area (Å²) < 4.78 is 19.1. The molecule has 0 spiro atoms. The van der Waals surface area contributed by atoms with Crippen LogP contribution in [0, 0.1) is 5.82 Å². The van der Waals surface area contributed by atoms with Crippen LogP contribution < -0.4 is 0 Å². The molecule has 7 heteroatoms. The third kappa shape index (κ3) is 4.20. The van der Waals surface area contributed by atoms with Crippen molar-refractivity contribution in [1.82, 2.24) is 9.80 Å². The molecule has 1 aliphatic rings. The van der Waals surface area contributed by atoms with Crippen molar-refractivity contribution in [2.24, 2.45) is 0 Å². The molecular weight excluding hydrogens is 323 g/mol. The van der Waals surface area contributed by atoms with E-state index in [1.54, 1.807) is 16.7 Å². The fraction of sp³-hybridized carbons (Fsp3) is 0.500. The molecule has 0 radical (unpaired) electrons. The Morgan fingerprint density at radius 1 is 1.26 bits per heavy atom. The van der Waals surface area contributed by atoms with Gasteiger partial charge >= 0.3 is 0 Å². The predicted molar refractivity (Wildman–Crippen MR) is 85.0 cm³/mol. The van der Waals surface area contributed by atoms with Crippen LogP contribution in [0.1, 0.15) is 24.2 Å². The molecule has 1 heterocycles. The quantitative estimate of drug-likeness (QED) is 0.842. The normalized spacial score (nSPS) is 16.3. The summed E-state index contributed by atoms with van der Waals surface area (Å²) >= 11 is 5.70. The van der Waals surface area contributed by atoms with E-state index in [-0.39, 0.29) is 22.4 Å². The molecule has 1 aromatic rings. The Hall–Kier alpha value is -1.66. The molecule has 23 heavy (non-hydrogen) atoms. The van der Waals surface area contributed by atoms with Crippen LogP contribution >= 0.6 is 11.6 Å². The van der Waals surface area contributed by atoms with Gasteiger partial charge in [-0.15, -0.1) is 0 Å². The number of rotatable bonds is 4. The number of piperazine rings is 1. The van der Waals surface area contributed by atoms with Crippen molar-refractivity contribution in [3.8, 4) is 0 Å². The first-order chi connectivity index (χ1) is 10.9. The number of halogens is 2. The monoisotopic (exact) mass is 342 g/mol. The largest absolute Gasteiger partial charge is 0.369 e. The Bertz CT molecular complexity index is 589. The highest BCUT2D eigenvalue weighted by Crippen LogP contribution is 2.17. The average Bonchev–Trinajstić information content (AvgIpc) is 2.54. The van der Waals surface area contributed by atoms with E-state index in [1.165, 1.54) is 12.1 Å². The summed E-state index contributed by atoms with van der Waals surface area (Å²) in [6.45, 7) is 5.58. The number of hydrogen-bond acceptors (Lipinski definition) is 3. The molecule has 0 N–H and O–H groups in total. The summed E-state index contributed by atoms with van der Waals surface area (Å²) in [5.74, 6) is -1.10. The van der Waals surface area contributed by atoms with Gasteiger partial charge in [0.1, 0.15) is 11.9 Å². The van der Waals surface area contributed by atoms with Gasteiger partial charge in [0.2, 0.25) is 0 Å². The summed E-state index contributed by atoms with van der Waals surface area (Å²) in [6, 6.07) is 3.99. The zero-order chi connectivity index (χ0) is 17.0. The fourth-order valence-electron chi connectivity index (χ4n) is 2.54. The van der Waals surface area contributed by atoms with E-state index in [4.69, 9.17) is 16.3 Å². The van der Waals surface area contributed by atoms with E-state index < -0.39 is 11.9 Å². The molecule has 1 saturated heterocycles. The second-order valence-corrected chi connectivity index (χ2v) is 5.78. The molecule has 5 nitrogen and oxygen atoms in total. The Balaban J connectivity index is 1.96. The lowest BCUT2D eigenvalue weighted by Gasteiger charge is -2.35. The van der Waals surface area contributed by atoms with E-state index in [0.717, 1.165) is 6.07 Å².